The number of rotatable bonds is 6. The zero-order valence-corrected chi connectivity index (χ0v) is 13.7. The standard InChI is InChI=1S/C15H24N2O3S/c1-11(2)14(15(10-18)7-4-8-15)17-21(19,20)13-6-5-12(3)16-9-13/h5-6,9,11,14,17-18H,4,7-8,10H2,1-3H3/t14-/m0/s1. The number of hydrogen-bond acceptors (Lipinski definition) is 4. The van der Waals surface area contributed by atoms with E-state index in [0.29, 0.717) is 0 Å². The molecule has 0 unspecified atom stereocenters. The summed E-state index contributed by atoms with van der Waals surface area (Å²) in [5, 5.41) is 9.71. The molecule has 0 amide bonds. The van der Waals surface area contributed by atoms with Crippen LogP contribution >= 0.6 is 0 Å². The average Bonchev–Trinajstić information content (AvgIpc) is 2.37. The highest BCUT2D eigenvalue weighted by Gasteiger charge is 2.46. The Bertz CT molecular complexity index is 572. The molecule has 1 heterocycles. The molecule has 1 aliphatic carbocycles. The molecule has 0 radical (unpaired) electrons. The molecular weight excluding hydrogens is 288 g/mol. The molecule has 1 aromatic rings. The van der Waals surface area contributed by atoms with E-state index in [1.54, 1.807) is 12.1 Å². The molecule has 1 atom stereocenters. The monoisotopic (exact) mass is 312 g/mol. The minimum Gasteiger partial charge on any atom is -0.396 e. The largest absolute Gasteiger partial charge is 0.396 e. The Labute approximate surface area is 126 Å². The molecule has 118 valence electrons. The highest BCUT2D eigenvalue weighted by molar-refractivity contribution is 7.89. The van der Waals surface area contributed by atoms with Crippen LogP contribution < -0.4 is 4.72 Å². The maximum Gasteiger partial charge on any atom is 0.242 e. The van der Waals surface area contributed by atoms with Gasteiger partial charge in [0.1, 0.15) is 4.90 Å². The molecule has 21 heavy (non-hydrogen) atoms. The normalized spacial score (nSPS) is 19.3. The number of hydrogen-bond donors (Lipinski definition) is 2. The number of sulfonamides is 1. The maximum absolute atomic E-state index is 12.5. The Hall–Kier alpha value is -0.980. The van der Waals surface area contributed by atoms with Gasteiger partial charge in [0.25, 0.3) is 0 Å². The molecule has 1 aliphatic rings. The Morgan fingerprint density at radius 2 is 2.05 bits per heavy atom. The van der Waals surface area contributed by atoms with E-state index in [1.807, 2.05) is 20.8 Å². The Kier molecular flexibility index (Phi) is 4.70. The number of pyridine rings is 1. The second-order valence-electron chi connectivity index (χ2n) is 6.35. The first kappa shape index (κ1) is 16.4. The molecule has 0 spiro atoms. The Morgan fingerprint density at radius 3 is 2.43 bits per heavy atom. The fraction of sp³-hybridized carbons (Fsp3) is 0.667. The third kappa shape index (κ3) is 3.27. The molecule has 0 aliphatic heterocycles. The second-order valence-corrected chi connectivity index (χ2v) is 8.07. The van der Waals surface area contributed by atoms with E-state index in [1.165, 1.54) is 6.20 Å². The molecule has 1 aromatic heterocycles. The van der Waals surface area contributed by atoms with Gasteiger partial charge in [-0.25, -0.2) is 13.1 Å². The van der Waals surface area contributed by atoms with Gasteiger partial charge in [-0.1, -0.05) is 20.3 Å². The smallest absolute Gasteiger partial charge is 0.242 e. The number of aliphatic hydroxyl groups excluding tert-OH is 1. The third-order valence-electron chi connectivity index (χ3n) is 4.47. The second kappa shape index (κ2) is 6.02. The minimum atomic E-state index is -3.61. The van der Waals surface area contributed by atoms with Gasteiger partial charge in [-0.05, 0) is 37.8 Å². The van der Waals surface area contributed by atoms with Crippen LogP contribution in [0.2, 0.25) is 0 Å². The summed E-state index contributed by atoms with van der Waals surface area (Å²) in [6.45, 7) is 5.80. The first-order valence-electron chi connectivity index (χ1n) is 7.37. The van der Waals surface area contributed by atoms with Crippen molar-refractivity contribution in [1.29, 1.82) is 0 Å². The summed E-state index contributed by atoms with van der Waals surface area (Å²) < 4.78 is 27.9. The molecule has 2 N–H and O–H groups in total. The van der Waals surface area contributed by atoms with Gasteiger partial charge >= 0.3 is 0 Å². The average molecular weight is 312 g/mol. The van der Waals surface area contributed by atoms with Crippen LogP contribution in [0.5, 0.6) is 0 Å². The number of nitrogens with one attached hydrogen (secondary N) is 1. The summed E-state index contributed by atoms with van der Waals surface area (Å²) >= 11 is 0. The van der Waals surface area contributed by atoms with Crippen molar-refractivity contribution >= 4 is 10.0 Å². The van der Waals surface area contributed by atoms with Crippen molar-refractivity contribution in [3.8, 4) is 0 Å². The molecule has 5 nitrogen and oxygen atoms in total. The summed E-state index contributed by atoms with van der Waals surface area (Å²) in [5.41, 5.74) is 0.458. The lowest BCUT2D eigenvalue weighted by Gasteiger charge is -2.48. The van der Waals surface area contributed by atoms with Crippen molar-refractivity contribution in [2.45, 2.75) is 51.0 Å². The quantitative estimate of drug-likeness (QED) is 0.840. The predicted octanol–water partition coefficient (Wildman–Crippen LogP) is 1.86. The van der Waals surface area contributed by atoms with Crippen molar-refractivity contribution in [3.63, 3.8) is 0 Å². The zero-order valence-electron chi connectivity index (χ0n) is 12.8. The van der Waals surface area contributed by atoms with Crippen LogP contribution in [0.4, 0.5) is 0 Å². The van der Waals surface area contributed by atoms with Gasteiger partial charge < -0.3 is 5.11 Å². The number of aliphatic hydroxyl groups is 1. The Balaban J connectivity index is 2.26. The van der Waals surface area contributed by atoms with Crippen LogP contribution in [-0.4, -0.2) is 31.2 Å². The van der Waals surface area contributed by atoms with E-state index < -0.39 is 10.0 Å². The van der Waals surface area contributed by atoms with Crippen LogP contribution in [0.1, 0.15) is 38.8 Å². The summed E-state index contributed by atoms with van der Waals surface area (Å²) in [6, 6.07) is 2.99. The van der Waals surface area contributed by atoms with Crippen LogP contribution in [0.3, 0.4) is 0 Å². The van der Waals surface area contributed by atoms with Crippen molar-refractivity contribution < 1.29 is 13.5 Å². The topological polar surface area (TPSA) is 79.3 Å². The highest BCUT2D eigenvalue weighted by Crippen LogP contribution is 2.46. The molecular formula is C15H24N2O3S. The van der Waals surface area contributed by atoms with Crippen LogP contribution in [-0.2, 0) is 10.0 Å². The van der Waals surface area contributed by atoms with Crippen LogP contribution in [0, 0.1) is 18.3 Å². The van der Waals surface area contributed by atoms with Gasteiger partial charge in [0, 0.05) is 23.3 Å². The third-order valence-corrected chi connectivity index (χ3v) is 5.89. The van der Waals surface area contributed by atoms with Crippen LogP contribution in [0.25, 0.3) is 0 Å². The van der Waals surface area contributed by atoms with Crippen molar-refractivity contribution in [1.82, 2.24) is 9.71 Å². The molecule has 2 rings (SSSR count). The molecule has 0 aromatic carbocycles. The van der Waals surface area contributed by atoms with Crippen LogP contribution in [0.15, 0.2) is 23.2 Å². The van der Waals surface area contributed by atoms with Crippen molar-refractivity contribution in [3.05, 3.63) is 24.0 Å². The molecule has 0 saturated heterocycles. The first-order chi connectivity index (χ1) is 9.81. The molecule has 0 bridgehead atoms. The van der Waals surface area contributed by atoms with E-state index in [-0.39, 0.29) is 28.9 Å². The first-order valence-corrected chi connectivity index (χ1v) is 8.85. The van der Waals surface area contributed by atoms with E-state index >= 15 is 0 Å². The SMILES string of the molecule is Cc1ccc(S(=O)(=O)N[C@@H](C(C)C)C2(CO)CCC2)cn1. The predicted molar refractivity (Wildman–Crippen MR) is 81.3 cm³/mol. The highest BCUT2D eigenvalue weighted by atomic mass is 32.2. The summed E-state index contributed by atoms with van der Waals surface area (Å²) in [4.78, 5) is 4.22. The fourth-order valence-corrected chi connectivity index (χ4v) is 4.45. The zero-order chi connectivity index (χ0) is 15.7. The maximum atomic E-state index is 12.5. The number of nitrogens with zero attached hydrogens (tertiary/aromatic N) is 1. The number of aromatic nitrogens is 1. The molecule has 6 heteroatoms. The summed E-state index contributed by atoms with van der Waals surface area (Å²) in [5.74, 6) is 0.116. The number of aryl methyl sites for hydroxylation is 1. The van der Waals surface area contributed by atoms with Gasteiger partial charge in [-0.3, -0.25) is 4.98 Å². The lowest BCUT2D eigenvalue weighted by molar-refractivity contribution is -0.00111. The summed E-state index contributed by atoms with van der Waals surface area (Å²) in [7, 11) is -3.61. The Morgan fingerprint density at radius 1 is 1.38 bits per heavy atom. The van der Waals surface area contributed by atoms with Gasteiger partial charge in [-0.15, -0.1) is 0 Å². The van der Waals surface area contributed by atoms with E-state index in [4.69, 9.17) is 0 Å². The summed E-state index contributed by atoms with van der Waals surface area (Å²) in [6.07, 6.45) is 4.14. The lowest BCUT2D eigenvalue weighted by atomic mass is 9.62. The van der Waals surface area contributed by atoms with Gasteiger partial charge in [0.15, 0.2) is 0 Å². The molecule has 1 saturated carbocycles. The molecule has 1 fully saturated rings. The van der Waals surface area contributed by atoms with E-state index in [2.05, 4.69) is 9.71 Å². The van der Waals surface area contributed by atoms with E-state index in [9.17, 15) is 13.5 Å². The lowest BCUT2D eigenvalue weighted by Crippen LogP contribution is -2.55. The van der Waals surface area contributed by atoms with Crippen molar-refractivity contribution in [2.24, 2.45) is 11.3 Å². The van der Waals surface area contributed by atoms with Crippen molar-refractivity contribution in [2.75, 3.05) is 6.61 Å². The van der Waals surface area contributed by atoms with Gasteiger partial charge in [0.2, 0.25) is 10.0 Å². The van der Waals surface area contributed by atoms with E-state index in [0.717, 1.165) is 25.0 Å². The fourth-order valence-electron chi connectivity index (χ4n) is 3.01. The minimum absolute atomic E-state index is 0.0184. The van der Waals surface area contributed by atoms with Gasteiger partial charge in [-0.2, -0.15) is 0 Å². The van der Waals surface area contributed by atoms with Gasteiger partial charge in [0.05, 0.1) is 6.61 Å².